The van der Waals surface area contributed by atoms with Gasteiger partial charge in [0.05, 0.1) is 0 Å². The molecular weight excluding hydrogens is 270 g/mol. The molecule has 0 atom stereocenters. The van der Waals surface area contributed by atoms with E-state index < -0.39 is 0 Å². The summed E-state index contributed by atoms with van der Waals surface area (Å²) in [5, 5.41) is 3.17. The molecule has 0 fully saturated rings. The molecule has 0 saturated heterocycles. The van der Waals surface area contributed by atoms with Crippen LogP contribution < -0.4 is 5.32 Å². The van der Waals surface area contributed by atoms with Gasteiger partial charge >= 0.3 is 0 Å². The Morgan fingerprint density at radius 2 is 1.82 bits per heavy atom. The summed E-state index contributed by atoms with van der Waals surface area (Å²) in [6.07, 6.45) is 3.28. The van der Waals surface area contributed by atoms with Crippen molar-refractivity contribution in [2.75, 3.05) is 5.32 Å². The van der Waals surface area contributed by atoms with Gasteiger partial charge in [-0.15, -0.1) is 0 Å². The van der Waals surface area contributed by atoms with Crippen LogP contribution >= 0.6 is 0 Å². The largest absolute Gasteiger partial charge is 0.362 e. The third-order valence-corrected chi connectivity index (χ3v) is 3.83. The van der Waals surface area contributed by atoms with Gasteiger partial charge in [-0.25, -0.2) is 0 Å². The van der Waals surface area contributed by atoms with E-state index in [1.54, 1.807) is 12.3 Å². The fourth-order valence-corrected chi connectivity index (χ4v) is 2.19. The molecule has 0 amide bonds. The van der Waals surface area contributed by atoms with E-state index in [4.69, 9.17) is 0 Å². The van der Waals surface area contributed by atoms with Gasteiger partial charge in [-0.2, -0.15) is 0 Å². The van der Waals surface area contributed by atoms with Gasteiger partial charge in [-0.3, -0.25) is 4.79 Å². The summed E-state index contributed by atoms with van der Waals surface area (Å²) in [6.45, 7) is 8.39. The van der Waals surface area contributed by atoms with Crippen LogP contribution in [-0.4, -0.2) is 5.78 Å². The van der Waals surface area contributed by atoms with Gasteiger partial charge in [0, 0.05) is 23.5 Å². The lowest BCUT2D eigenvalue weighted by molar-refractivity contribution is 0.104. The smallest absolute Gasteiger partial charge is 0.187 e. The van der Waals surface area contributed by atoms with E-state index >= 15 is 0 Å². The van der Waals surface area contributed by atoms with Crippen molar-refractivity contribution in [2.45, 2.75) is 33.6 Å². The summed E-state index contributed by atoms with van der Waals surface area (Å²) in [7, 11) is 0. The Hall–Kier alpha value is -2.35. The molecule has 0 bridgehead atoms. The van der Waals surface area contributed by atoms with Gasteiger partial charge in [0.1, 0.15) is 0 Å². The molecule has 0 saturated carbocycles. The van der Waals surface area contributed by atoms with Crippen LogP contribution in [0.15, 0.2) is 54.7 Å². The molecule has 0 aliphatic heterocycles. The molecule has 0 aromatic heterocycles. The van der Waals surface area contributed by atoms with Crippen LogP contribution in [0.5, 0.6) is 0 Å². The first-order chi connectivity index (χ1) is 10.5. The fourth-order valence-electron chi connectivity index (χ4n) is 2.19. The number of anilines is 1. The lowest BCUT2D eigenvalue weighted by atomic mass is 10.0. The quantitative estimate of drug-likeness (QED) is 0.603. The Kier molecular flexibility index (Phi) is 5.16. The molecule has 1 N–H and O–H groups in total. The molecule has 2 rings (SSSR count). The van der Waals surface area contributed by atoms with Crippen LogP contribution in [-0.2, 0) is 0 Å². The predicted octanol–water partition coefficient (Wildman–Crippen LogP) is 5.24. The summed E-state index contributed by atoms with van der Waals surface area (Å²) < 4.78 is 0. The zero-order chi connectivity index (χ0) is 16.1. The summed E-state index contributed by atoms with van der Waals surface area (Å²) in [5.74, 6) is 0.499. The number of benzene rings is 2. The van der Waals surface area contributed by atoms with Crippen molar-refractivity contribution in [1.29, 1.82) is 0 Å². The van der Waals surface area contributed by atoms with E-state index in [2.05, 4.69) is 31.3 Å². The number of nitrogens with one attached hydrogen (secondary N) is 1. The maximum Gasteiger partial charge on any atom is 0.187 e. The van der Waals surface area contributed by atoms with Crippen molar-refractivity contribution in [2.24, 2.45) is 0 Å². The van der Waals surface area contributed by atoms with Crippen molar-refractivity contribution in [3.05, 3.63) is 77.0 Å². The first-order valence-electron chi connectivity index (χ1n) is 7.62. The monoisotopic (exact) mass is 293 g/mol. The van der Waals surface area contributed by atoms with Gasteiger partial charge in [0.2, 0.25) is 0 Å². The van der Waals surface area contributed by atoms with Crippen LogP contribution in [0, 0.1) is 13.8 Å². The number of rotatable bonds is 5. The maximum absolute atomic E-state index is 12.1. The number of ketones is 1. The Labute approximate surface area is 132 Å². The number of carbonyl (C=O) groups is 1. The molecule has 2 aromatic rings. The topological polar surface area (TPSA) is 29.1 Å². The summed E-state index contributed by atoms with van der Waals surface area (Å²) in [4.78, 5) is 12.1. The van der Waals surface area contributed by atoms with Gasteiger partial charge in [-0.1, -0.05) is 38.1 Å². The van der Waals surface area contributed by atoms with Gasteiger partial charge in [0.25, 0.3) is 0 Å². The number of carbonyl (C=O) groups excluding carboxylic acids is 1. The van der Waals surface area contributed by atoms with Crippen LogP contribution in [0.3, 0.4) is 0 Å². The van der Waals surface area contributed by atoms with Crippen LogP contribution in [0.1, 0.15) is 46.8 Å². The molecule has 0 aliphatic rings. The second kappa shape index (κ2) is 7.08. The standard InChI is InChI=1S/C20H23NO/c1-14(2)17-6-5-7-19(13-17)21-11-10-20(22)18-9-8-15(3)16(4)12-18/h5-14,21H,1-4H3/b11-10+. The van der Waals surface area contributed by atoms with E-state index in [1.165, 1.54) is 11.1 Å². The zero-order valence-electron chi connectivity index (χ0n) is 13.7. The SMILES string of the molecule is Cc1ccc(C(=O)/C=C/Nc2cccc(C(C)C)c2)cc1C. The molecule has 2 heteroatoms. The minimum absolute atomic E-state index is 0.00983. The third-order valence-electron chi connectivity index (χ3n) is 3.83. The number of allylic oxidation sites excluding steroid dienone is 1. The van der Waals surface area contributed by atoms with E-state index in [-0.39, 0.29) is 5.78 Å². The summed E-state index contributed by atoms with van der Waals surface area (Å²) >= 11 is 0. The average molecular weight is 293 g/mol. The van der Waals surface area contributed by atoms with Crippen molar-refractivity contribution in [1.82, 2.24) is 0 Å². The maximum atomic E-state index is 12.1. The Balaban J connectivity index is 2.04. The number of hydrogen-bond acceptors (Lipinski definition) is 2. The molecule has 0 heterocycles. The third kappa shape index (κ3) is 4.08. The van der Waals surface area contributed by atoms with E-state index in [0.29, 0.717) is 5.92 Å². The number of aryl methyl sites for hydroxylation is 2. The lowest BCUT2D eigenvalue weighted by Gasteiger charge is -2.07. The summed E-state index contributed by atoms with van der Waals surface area (Å²) in [6, 6.07) is 14.0. The normalized spacial score (nSPS) is 11.1. The Bertz CT molecular complexity index is 699. The van der Waals surface area contributed by atoms with E-state index in [9.17, 15) is 4.79 Å². The van der Waals surface area contributed by atoms with Gasteiger partial charge in [-0.05, 0) is 54.7 Å². The first-order valence-corrected chi connectivity index (χ1v) is 7.62. The molecule has 114 valence electrons. The minimum atomic E-state index is 0.00983. The van der Waals surface area contributed by atoms with Gasteiger partial charge < -0.3 is 5.32 Å². The molecule has 0 aliphatic carbocycles. The fraction of sp³-hybridized carbons (Fsp3) is 0.250. The van der Waals surface area contributed by atoms with E-state index in [0.717, 1.165) is 16.8 Å². The second-order valence-corrected chi connectivity index (χ2v) is 5.92. The minimum Gasteiger partial charge on any atom is -0.362 e. The number of hydrogen-bond donors (Lipinski definition) is 1. The molecule has 0 radical (unpaired) electrons. The van der Waals surface area contributed by atoms with E-state index in [1.807, 2.05) is 44.2 Å². The van der Waals surface area contributed by atoms with Crippen LogP contribution in [0.4, 0.5) is 5.69 Å². The highest BCUT2D eigenvalue weighted by molar-refractivity contribution is 6.04. The highest BCUT2D eigenvalue weighted by Gasteiger charge is 2.03. The summed E-state index contributed by atoms with van der Waals surface area (Å²) in [5.41, 5.74) is 5.33. The molecule has 2 aromatic carbocycles. The molecular formula is C20H23NO. The van der Waals surface area contributed by atoms with Crippen molar-refractivity contribution in [3.8, 4) is 0 Å². The van der Waals surface area contributed by atoms with Crippen molar-refractivity contribution in [3.63, 3.8) is 0 Å². The zero-order valence-corrected chi connectivity index (χ0v) is 13.7. The molecule has 0 spiro atoms. The molecule has 2 nitrogen and oxygen atoms in total. The van der Waals surface area contributed by atoms with Crippen molar-refractivity contribution < 1.29 is 4.79 Å². The Morgan fingerprint density at radius 1 is 1.05 bits per heavy atom. The average Bonchev–Trinajstić information content (AvgIpc) is 2.50. The second-order valence-electron chi connectivity index (χ2n) is 5.92. The van der Waals surface area contributed by atoms with Crippen molar-refractivity contribution >= 4 is 11.5 Å². The van der Waals surface area contributed by atoms with Crippen LogP contribution in [0.25, 0.3) is 0 Å². The molecule has 22 heavy (non-hydrogen) atoms. The van der Waals surface area contributed by atoms with Crippen LogP contribution in [0.2, 0.25) is 0 Å². The first kappa shape index (κ1) is 16.0. The van der Waals surface area contributed by atoms with Gasteiger partial charge in [0.15, 0.2) is 5.78 Å². The lowest BCUT2D eigenvalue weighted by Crippen LogP contribution is -1.98. The molecule has 0 unspecified atom stereocenters. The highest BCUT2D eigenvalue weighted by Crippen LogP contribution is 2.18. The Morgan fingerprint density at radius 3 is 2.50 bits per heavy atom. The highest BCUT2D eigenvalue weighted by atomic mass is 16.1. The predicted molar refractivity (Wildman–Crippen MR) is 93.5 cm³/mol.